The Labute approximate surface area is 340 Å². The van der Waals surface area contributed by atoms with E-state index in [0.29, 0.717) is 11.1 Å². The van der Waals surface area contributed by atoms with Gasteiger partial charge in [-0.15, -0.1) is 0 Å². The molecule has 6 atom stereocenters. The number of aliphatic hydroxyl groups is 7. The van der Waals surface area contributed by atoms with Crippen molar-refractivity contribution in [2.45, 2.75) is 80.4 Å². The van der Waals surface area contributed by atoms with Gasteiger partial charge in [-0.2, -0.15) is 0 Å². The summed E-state index contributed by atoms with van der Waals surface area (Å²) in [7, 11) is 0. The third kappa shape index (κ3) is 14.4. The van der Waals surface area contributed by atoms with E-state index in [-0.39, 0.29) is 35.9 Å². The number of carbonyl (C=O) groups excluding carboxylic acids is 4. The summed E-state index contributed by atoms with van der Waals surface area (Å²) in [5.41, 5.74) is -1.86. The molecule has 1 aromatic carbocycles. The molecule has 2 saturated carbocycles. The summed E-state index contributed by atoms with van der Waals surface area (Å²) in [4.78, 5) is 62.7. The van der Waals surface area contributed by atoms with Gasteiger partial charge < -0.3 is 71.1 Å². The van der Waals surface area contributed by atoms with Gasteiger partial charge in [0.2, 0.25) is 11.6 Å². The Balaban J connectivity index is 0.000000259. The van der Waals surface area contributed by atoms with Crippen LogP contribution in [0.15, 0.2) is 102 Å². The summed E-state index contributed by atoms with van der Waals surface area (Å²) in [6.45, 7) is 1.85. The molecule has 0 aromatic heterocycles. The first-order valence-electron chi connectivity index (χ1n) is 17.5. The summed E-state index contributed by atoms with van der Waals surface area (Å²) < 4.78 is 4.61. The van der Waals surface area contributed by atoms with E-state index in [1.54, 1.807) is 12.0 Å². The van der Waals surface area contributed by atoms with Crippen LogP contribution in [0.4, 0.5) is 0 Å². The van der Waals surface area contributed by atoms with Crippen LogP contribution in [0.2, 0.25) is 0 Å². The van der Waals surface area contributed by atoms with Gasteiger partial charge in [-0.1, -0.05) is 48.3 Å². The number of phenols is 1. The molecule has 20 heteroatoms. The Kier molecular flexibility index (Phi) is 18.2. The Morgan fingerprint density at radius 2 is 1.35 bits per heavy atom. The van der Waals surface area contributed by atoms with Gasteiger partial charge in [0.05, 0.1) is 6.10 Å². The summed E-state index contributed by atoms with van der Waals surface area (Å²) in [6.07, 6.45) is 5.89. The molecule has 0 amide bonds. The fourth-order valence-electron chi connectivity index (χ4n) is 5.49. The highest BCUT2D eigenvalue weighted by atomic mass is 16.6. The Bertz CT molecular complexity index is 2040. The number of rotatable bonds is 4. The van der Waals surface area contributed by atoms with E-state index in [0.717, 1.165) is 11.6 Å². The lowest BCUT2D eigenvalue weighted by molar-refractivity contribution is -0.463. The van der Waals surface area contributed by atoms with E-state index < -0.39 is 90.1 Å². The van der Waals surface area contributed by atoms with Crippen molar-refractivity contribution in [1.82, 2.24) is 0 Å². The monoisotopic (exact) mass is 841 g/mol. The molecule has 5 aliphatic rings. The molecule has 2 bridgehead atoms. The minimum Gasteiger partial charge on any atom is -0.870 e. The lowest BCUT2D eigenvalue weighted by Crippen LogP contribution is -2.60. The van der Waals surface area contributed by atoms with Crippen molar-refractivity contribution in [1.29, 1.82) is 0 Å². The van der Waals surface area contributed by atoms with E-state index in [4.69, 9.17) is 40.9 Å². The van der Waals surface area contributed by atoms with Crippen LogP contribution in [0.5, 0.6) is 11.5 Å². The molecule has 20 nitrogen and oxygen atoms in total. The SMILES string of the molecule is C/C=C1\C=CC(=O)C(O)=C1.O=C(O)/C=C/c1ccc([O-])c(O)c1.O=C(O)C1(O)CC(O)C([O-])C(O)C1.O=C1OC2CC1(O)CC(O)C2[O-].O=C=C/C=C1\C=CC(=O)C(O)=C1. The third-order valence-electron chi connectivity index (χ3n) is 8.76. The second-order valence-electron chi connectivity index (χ2n) is 13.4. The molecule has 6 rings (SSSR count). The number of allylic oxidation sites excluding steroid dienone is 11. The smallest absolute Gasteiger partial charge is 0.338 e. The zero-order valence-electron chi connectivity index (χ0n) is 31.4. The Morgan fingerprint density at radius 1 is 0.817 bits per heavy atom. The number of hydrogen-bond donors (Lipinski definition) is 10. The fourth-order valence-corrected chi connectivity index (χ4v) is 5.49. The number of ketones is 2. The first-order chi connectivity index (χ1) is 28.0. The first-order valence-corrected chi connectivity index (χ1v) is 17.5. The van der Waals surface area contributed by atoms with Gasteiger partial charge in [-0.3, -0.25) is 9.59 Å². The molecule has 3 fully saturated rings. The molecule has 0 spiro atoms. The quantitative estimate of drug-likeness (QED) is 0.0853. The topological polar surface area (TPSA) is 383 Å². The number of carboxylic acid groups (broad SMARTS) is 2. The van der Waals surface area contributed by atoms with Gasteiger partial charge in [-0.05, 0) is 66.2 Å². The van der Waals surface area contributed by atoms with Crippen LogP contribution in [-0.4, -0.2) is 134 Å². The van der Waals surface area contributed by atoms with Crippen molar-refractivity contribution in [3.8, 4) is 11.5 Å². The van der Waals surface area contributed by atoms with Crippen molar-refractivity contribution in [2.75, 3.05) is 0 Å². The maximum Gasteiger partial charge on any atom is 0.338 e. The standard InChI is InChI=1S/C9H8O4.C9H6O3.C8H8O2.C7H11O6.C7H9O5/c10-7-3-1-6(5-8(7)11)2-4-9(12)13;10-5-1-2-7-3-4-8(11)9(12)6-7;1-2-6-3-4-7(9)8(10)5-6;8-3-1-7(13,6(11)12)2-4(9)5(3)10;8-3-1-7(11)2-4(5(3)9)12-6(7)10/h1-5,10-11H,(H,12,13);1-4,6,12H;2-5,10H,1H3;3-5,8-9,13H,1-2H2,(H,11,12);3-5,8,11H,1-2H2/q;;;2*-1/p-1/b4-2+;7-2+;6-2+;;. The lowest BCUT2D eigenvalue weighted by atomic mass is 9.80. The average molecular weight is 842 g/mol. The second kappa shape index (κ2) is 22.0. The number of esters is 1. The van der Waals surface area contributed by atoms with E-state index >= 15 is 0 Å². The van der Waals surface area contributed by atoms with Gasteiger partial charge in [0.25, 0.3) is 0 Å². The van der Waals surface area contributed by atoms with Gasteiger partial charge in [0.1, 0.15) is 11.7 Å². The molecule has 6 unspecified atom stereocenters. The van der Waals surface area contributed by atoms with E-state index in [2.05, 4.69) is 4.74 Å². The van der Waals surface area contributed by atoms with Crippen LogP contribution >= 0.6 is 0 Å². The van der Waals surface area contributed by atoms with Crippen LogP contribution in [0.1, 0.15) is 38.2 Å². The van der Waals surface area contributed by atoms with Crippen LogP contribution in [-0.2, 0) is 33.5 Å². The maximum atomic E-state index is 11.1. The molecule has 1 aliphatic heterocycles. The fraction of sp³-hybridized carbons (Fsp3) is 0.325. The zero-order valence-corrected chi connectivity index (χ0v) is 31.4. The van der Waals surface area contributed by atoms with Gasteiger partial charge in [-0.25, -0.2) is 19.2 Å². The molecule has 1 aromatic rings. The van der Waals surface area contributed by atoms with Gasteiger partial charge >= 0.3 is 17.9 Å². The minimum absolute atomic E-state index is 0.0249. The van der Waals surface area contributed by atoms with Crippen molar-refractivity contribution < 1.29 is 99.9 Å². The number of phenolic OH excluding ortho intramolecular Hbond substituents is 1. The predicted octanol–water partition coefficient (Wildman–Crippen LogP) is -2.47. The molecule has 60 heavy (non-hydrogen) atoms. The summed E-state index contributed by atoms with van der Waals surface area (Å²) >= 11 is 0. The number of benzene rings is 1. The predicted molar refractivity (Wildman–Crippen MR) is 198 cm³/mol. The van der Waals surface area contributed by atoms with E-state index in [9.17, 15) is 54.3 Å². The molecule has 1 saturated heterocycles. The van der Waals surface area contributed by atoms with Gasteiger partial charge in [0, 0.05) is 56.1 Å². The highest BCUT2D eigenvalue weighted by molar-refractivity contribution is 6.04. The van der Waals surface area contributed by atoms with Crippen molar-refractivity contribution in [3.63, 3.8) is 0 Å². The molecule has 324 valence electrons. The molecular weight excluding hydrogens is 800 g/mol. The molecule has 1 heterocycles. The van der Waals surface area contributed by atoms with Gasteiger partial charge in [0.15, 0.2) is 22.7 Å². The van der Waals surface area contributed by atoms with Crippen molar-refractivity contribution >= 4 is 41.5 Å². The molecular formula is C40H41O20-3. The van der Waals surface area contributed by atoms with E-state index in [1.165, 1.54) is 66.8 Å². The number of fused-ring (bicyclic) bond motifs is 2. The highest BCUT2D eigenvalue weighted by Gasteiger charge is 2.54. The molecule has 10 N–H and O–H groups in total. The number of aliphatic carboxylic acids is 2. The number of hydrogen-bond acceptors (Lipinski definition) is 18. The number of carboxylic acids is 2. The number of ether oxygens (including phenoxy) is 1. The minimum atomic E-state index is -2.18. The number of aromatic hydroxyl groups is 1. The third-order valence-corrected chi connectivity index (χ3v) is 8.76. The summed E-state index contributed by atoms with van der Waals surface area (Å²) in [5.74, 6) is -3.94. The van der Waals surface area contributed by atoms with Crippen LogP contribution < -0.4 is 15.3 Å². The number of aliphatic hydroxyl groups excluding tert-OH is 5. The van der Waals surface area contributed by atoms with Crippen molar-refractivity contribution in [3.05, 3.63) is 107 Å². The number of carbonyl (C=O) groups is 5. The Morgan fingerprint density at radius 3 is 1.83 bits per heavy atom. The lowest BCUT2D eigenvalue weighted by Gasteiger charge is -2.43. The van der Waals surface area contributed by atoms with Crippen LogP contribution in [0.3, 0.4) is 0 Å². The van der Waals surface area contributed by atoms with Crippen LogP contribution in [0, 0.1) is 0 Å². The summed E-state index contributed by atoms with van der Waals surface area (Å²) in [5, 5.41) is 122. The largest absolute Gasteiger partial charge is 0.870 e. The zero-order chi connectivity index (χ0) is 45.5. The normalized spacial score (nSPS) is 30.0. The second-order valence-corrected chi connectivity index (χ2v) is 13.4. The Hall–Kier alpha value is -6.48. The molecule has 4 aliphatic carbocycles. The van der Waals surface area contributed by atoms with E-state index in [1.807, 2.05) is 13.0 Å². The average Bonchev–Trinajstić information content (AvgIpc) is 3.45. The summed E-state index contributed by atoms with van der Waals surface area (Å²) in [6, 6.07) is 3.82. The van der Waals surface area contributed by atoms with Crippen LogP contribution in [0.25, 0.3) is 6.08 Å². The highest BCUT2D eigenvalue weighted by Crippen LogP contribution is 2.37. The molecule has 0 radical (unpaired) electrons. The van der Waals surface area contributed by atoms with Crippen molar-refractivity contribution in [2.24, 2.45) is 0 Å². The first kappa shape index (κ1) is 49.7. The maximum absolute atomic E-state index is 11.1.